The van der Waals surface area contributed by atoms with Crippen LogP contribution in [0.3, 0.4) is 0 Å². The molecular weight excluding hydrogens is 510 g/mol. The van der Waals surface area contributed by atoms with Gasteiger partial charge in [0, 0.05) is 42.1 Å². The Balaban J connectivity index is 1.65. The summed E-state index contributed by atoms with van der Waals surface area (Å²) in [5, 5.41) is 0. The summed E-state index contributed by atoms with van der Waals surface area (Å²) < 4.78 is 34.3. The molecule has 3 aromatic rings. The Bertz CT molecular complexity index is 1300. The Morgan fingerprint density at radius 3 is 2.08 bits per heavy atom. The summed E-state index contributed by atoms with van der Waals surface area (Å²) in [7, 11) is 6.57. The Hall–Kier alpha value is -3.75. The van der Waals surface area contributed by atoms with E-state index in [0.717, 1.165) is 73.0 Å². The quantitative estimate of drug-likeness (QED) is 0.259. The lowest BCUT2D eigenvalue weighted by Crippen LogP contribution is -2.37. The third-order valence-electron chi connectivity index (χ3n) is 7.88. The van der Waals surface area contributed by atoms with E-state index < -0.39 is 0 Å². The van der Waals surface area contributed by atoms with Crippen LogP contribution in [0.1, 0.15) is 46.9 Å². The maximum atomic E-state index is 13.2. The molecule has 5 rings (SSSR count). The molecule has 2 aliphatic heterocycles. The number of carbonyl (C=O) groups is 1. The van der Waals surface area contributed by atoms with E-state index in [0.29, 0.717) is 17.2 Å². The highest BCUT2D eigenvalue weighted by Crippen LogP contribution is 2.53. The fourth-order valence-corrected chi connectivity index (χ4v) is 5.75. The number of benzene rings is 3. The number of nitrogens with zero attached hydrogens (tertiary/aromatic N) is 1. The van der Waals surface area contributed by atoms with Crippen molar-refractivity contribution in [3.05, 3.63) is 76.9 Å². The maximum Gasteiger partial charge on any atom is 0.312 e. The summed E-state index contributed by atoms with van der Waals surface area (Å²) >= 11 is 0. The second-order valence-electron chi connectivity index (χ2n) is 10.0. The zero-order valence-electron chi connectivity index (χ0n) is 23.6. The Morgan fingerprint density at radius 2 is 1.48 bits per heavy atom. The van der Waals surface area contributed by atoms with E-state index in [1.807, 2.05) is 42.5 Å². The van der Waals surface area contributed by atoms with Gasteiger partial charge in [-0.25, -0.2) is 0 Å². The van der Waals surface area contributed by atoms with Crippen LogP contribution in [-0.4, -0.2) is 72.2 Å². The second kappa shape index (κ2) is 12.6. The number of ether oxygens (including phenoxy) is 6. The first-order chi connectivity index (χ1) is 19.6. The average molecular weight is 548 g/mol. The summed E-state index contributed by atoms with van der Waals surface area (Å²) in [5.74, 6) is 2.69. The van der Waals surface area contributed by atoms with E-state index in [4.69, 9.17) is 28.4 Å². The van der Waals surface area contributed by atoms with Gasteiger partial charge in [-0.05, 0) is 48.4 Å². The topological polar surface area (TPSA) is 75.7 Å². The first kappa shape index (κ1) is 27.8. The number of methoxy groups -OCH3 is 4. The van der Waals surface area contributed by atoms with Gasteiger partial charge in [-0.1, -0.05) is 24.3 Å². The van der Waals surface area contributed by atoms with Gasteiger partial charge in [-0.3, -0.25) is 9.69 Å². The Kier molecular flexibility index (Phi) is 8.77. The van der Waals surface area contributed by atoms with Gasteiger partial charge in [-0.15, -0.1) is 0 Å². The van der Waals surface area contributed by atoms with Crippen LogP contribution < -0.4 is 23.7 Å². The number of fused-ring (bicyclic) bond motifs is 1. The van der Waals surface area contributed by atoms with Gasteiger partial charge in [0.15, 0.2) is 0 Å². The van der Waals surface area contributed by atoms with Gasteiger partial charge >= 0.3 is 5.97 Å². The summed E-state index contributed by atoms with van der Waals surface area (Å²) in [6.45, 7) is 4.11. The molecular formula is C32H37NO7. The SMILES string of the molecule is COc1ccc([C@@H](CCN2CCOCC2)c2c(OC)cc(OC)c3c2OC(=O)C[C@@H]3c2ccc(OC)cc2)cc1. The van der Waals surface area contributed by atoms with Crippen molar-refractivity contribution in [3.63, 3.8) is 0 Å². The van der Waals surface area contributed by atoms with Crippen molar-refractivity contribution in [2.45, 2.75) is 24.7 Å². The molecule has 1 fully saturated rings. The molecule has 0 radical (unpaired) electrons. The molecule has 40 heavy (non-hydrogen) atoms. The number of morpholine rings is 1. The third kappa shape index (κ3) is 5.74. The second-order valence-corrected chi connectivity index (χ2v) is 10.0. The first-order valence-electron chi connectivity index (χ1n) is 13.6. The van der Waals surface area contributed by atoms with E-state index in [1.165, 1.54) is 0 Å². The molecule has 1 saturated heterocycles. The van der Waals surface area contributed by atoms with Crippen LogP contribution in [0.25, 0.3) is 0 Å². The number of hydrogen-bond donors (Lipinski definition) is 0. The van der Waals surface area contributed by atoms with Gasteiger partial charge in [-0.2, -0.15) is 0 Å². The van der Waals surface area contributed by atoms with Gasteiger partial charge in [0.05, 0.1) is 48.1 Å². The zero-order chi connectivity index (χ0) is 28.1. The standard InChI is InChI=1S/C32H37NO7/c1-35-23-9-5-21(6-10-23)25(13-14-33-15-17-39-18-16-33)30-27(37-3)20-28(38-4)31-26(19-29(34)40-32(30)31)22-7-11-24(36-2)12-8-22/h5-12,20,25-26H,13-19H2,1-4H3/t25-,26-/m1/s1. The molecule has 0 bridgehead atoms. The lowest BCUT2D eigenvalue weighted by Gasteiger charge is -2.33. The largest absolute Gasteiger partial charge is 0.497 e. The van der Waals surface area contributed by atoms with Crippen molar-refractivity contribution >= 4 is 5.97 Å². The Morgan fingerprint density at radius 1 is 0.850 bits per heavy atom. The predicted molar refractivity (Wildman–Crippen MR) is 151 cm³/mol. The van der Waals surface area contributed by atoms with Crippen LogP contribution in [0.2, 0.25) is 0 Å². The number of hydrogen-bond acceptors (Lipinski definition) is 8. The van der Waals surface area contributed by atoms with Crippen LogP contribution in [0.5, 0.6) is 28.7 Å². The molecule has 0 N–H and O–H groups in total. The maximum absolute atomic E-state index is 13.2. The molecule has 2 atom stereocenters. The average Bonchev–Trinajstić information content (AvgIpc) is 3.01. The van der Waals surface area contributed by atoms with Gasteiger partial charge in [0.2, 0.25) is 0 Å². The molecule has 8 nitrogen and oxygen atoms in total. The van der Waals surface area contributed by atoms with Crippen LogP contribution in [0.4, 0.5) is 0 Å². The monoisotopic (exact) mass is 547 g/mol. The minimum absolute atomic E-state index is 0.106. The molecule has 8 heteroatoms. The van der Waals surface area contributed by atoms with Crippen LogP contribution in [-0.2, 0) is 9.53 Å². The molecule has 0 saturated carbocycles. The number of esters is 1. The minimum Gasteiger partial charge on any atom is -0.497 e. The van der Waals surface area contributed by atoms with Crippen molar-refractivity contribution in [2.24, 2.45) is 0 Å². The van der Waals surface area contributed by atoms with Crippen molar-refractivity contribution < 1.29 is 33.2 Å². The fraction of sp³-hybridized carbons (Fsp3) is 0.406. The molecule has 0 aliphatic carbocycles. The van der Waals surface area contributed by atoms with Crippen LogP contribution in [0, 0.1) is 0 Å². The zero-order valence-corrected chi connectivity index (χ0v) is 23.6. The summed E-state index contributed by atoms with van der Waals surface area (Å²) in [4.78, 5) is 15.6. The van der Waals surface area contributed by atoms with Gasteiger partial charge in [0.25, 0.3) is 0 Å². The number of rotatable bonds is 10. The van der Waals surface area contributed by atoms with Crippen molar-refractivity contribution in [3.8, 4) is 28.7 Å². The molecule has 0 amide bonds. The third-order valence-corrected chi connectivity index (χ3v) is 7.88. The van der Waals surface area contributed by atoms with Gasteiger partial charge < -0.3 is 28.4 Å². The van der Waals surface area contributed by atoms with Crippen LogP contribution in [0.15, 0.2) is 54.6 Å². The van der Waals surface area contributed by atoms with Crippen LogP contribution >= 0.6 is 0 Å². The highest BCUT2D eigenvalue weighted by Gasteiger charge is 2.37. The molecule has 3 aromatic carbocycles. The Labute approximate surface area is 235 Å². The molecule has 212 valence electrons. The van der Waals surface area contributed by atoms with Gasteiger partial charge in [0.1, 0.15) is 28.7 Å². The molecule has 2 aliphatic rings. The lowest BCUT2D eigenvalue weighted by atomic mass is 9.80. The van der Waals surface area contributed by atoms with E-state index in [9.17, 15) is 4.79 Å². The molecule has 0 unspecified atom stereocenters. The summed E-state index contributed by atoms with van der Waals surface area (Å²) in [5.41, 5.74) is 3.78. The van der Waals surface area contributed by atoms with E-state index in [1.54, 1.807) is 28.4 Å². The molecule has 0 aromatic heterocycles. The molecule has 2 heterocycles. The normalized spacial score (nSPS) is 17.9. The minimum atomic E-state index is -0.286. The highest BCUT2D eigenvalue weighted by atomic mass is 16.5. The van der Waals surface area contributed by atoms with Crippen molar-refractivity contribution in [2.75, 3.05) is 61.3 Å². The first-order valence-corrected chi connectivity index (χ1v) is 13.6. The smallest absolute Gasteiger partial charge is 0.312 e. The van der Waals surface area contributed by atoms with E-state index in [-0.39, 0.29) is 24.2 Å². The lowest BCUT2D eigenvalue weighted by molar-refractivity contribution is -0.135. The summed E-state index contributed by atoms with van der Waals surface area (Å²) in [6.07, 6.45) is 1.01. The van der Waals surface area contributed by atoms with Crippen molar-refractivity contribution in [1.29, 1.82) is 0 Å². The van der Waals surface area contributed by atoms with Crippen molar-refractivity contribution in [1.82, 2.24) is 4.90 Å². The number of carbonyl (C=O) groups excluding carboxylic acids is 1. The van der Waals surface area contributed by atoms with E-state index >= 15 is 0 Å². The predicted octanol–water partition coefficient (Wildman–Crippen LogP) is 5.02. The highest BCUT2D eigenvalue weighted by molar-refractivity contribution is 5.81. The molecule has 0 spiro atoms. The fourth-order valence-electron chi connectivity index (χ4n) is 5.75. The van der Waals surface area contributed by atoms with E-state index in [2.05, 4.69) is 17.0 Å². The summed E-state index contributed by atoms with van der Waals surface area (Å²) in [6, 6.07) is 17.8.